The summed E-state index contributed by atoms with van der Waals surface area (Å²) in [5.74, 6) is 2.86. The molecule has 3 fully saturated rings. The van der Waals surface area contributed by atoms with Crippen molar-refractivity contribution in [1.29, 1.82) is 0 Å². The number of fused-ring (bicyclic) bond motifs is 1. The van der Waals surface area contributed by atoms with Gasteiger partial charge >= 0.3 is 51.4 Å². The summed E-state index contributed by atoms with van der Waals surface area (Å²) >= 11 is 0. The number of hydrogen-bond donors (Lipinski definition) is 2. The Morgan fingerprint density at radius 3 is 2.21 bits per heavy atom. The summed E-state index contributed by atoms with van der Waals surface area (Å²) < 4.78 is 1.95. The molecule has 0 bridgehead atoms. The van der Waals surface area contributed by atoms with E-state index in [1.807, 2.05) is 11.5 Å². The van der Waals surface area contributed by atoms with E-state index in [0.29, 0.717) is 28.1 Å². The number of rotatable bonds is 9. The molecule has 278 valence electrons. The summed E-state index contributed by atoms with van der Waals surface area (Å²) in [7, 11) is 0. The van der Waals surface area contributed by atoms with Crippen molar-refractivity contribution in [2.24, 2.45) is 17.8 Å². The number of hydrogen-bond acceptors (Lipinski definition) is 4. The van der Waals surface area contributed by atoms with E-state index in [9.17, 15) is 4.79 Å². The van der Waals surface area contributed by atoms with Crippen LogP contribution in [0.5, 0.6) is 0 Å². The van der Waals surface area contributed by atoms with Gasteiger partial charge in [0, 0.05) is 33.7 Å². The molecule has 0 radical (unpaired) electrons. The number of pyridine rings is 1. The summed E-state index contributed by atoms with van der Waals surface area (Å²) in [5, 5.41) is 7.96. The molecule has 3 aliphatic carbocycles. The maximum atomic E-state index is 12.6. The van der Waals surface area contributed by atoms with E-state index in [-0.39, 0.29) is 62.9 Å². The van der Waals surface area contributed by atoms with Crippen LogP contribution in [0, 0.1) is 17.8 Å². The zero-order chi connectivity index (χ0) is 36.9. The molecule has 3 unspecified atom stereocenters. The molecular formula is C45H65KN4O2. The van der Waals surface area contributed by atoms with Crippen molar-refractivity contribution in [2.45, 2.75) is 125 Å². The third-order valence-electron chi connectivity index (χ3n) is 10.4. The third-order valence-corrected chi connectivity index (χ3v) is 10.4. The van der Waals surface area contributed by atoms with Gasteiger partial charge in [-0.2, -0.15) is 0 Å². The van der Waals surface area contributed by atoms with Gasteiger partial charge in [0.2, 0.25) is 0 Å². The number of piperidine rings is 1. The van der Waals surface area contributed by atoms with Gasteiger partial charge in [-0.25, -0.2) is 0 Å². The number of allylic oxidation sites excluding steroid dienone is 1. The molecule has 3 atom stereocenters. The van der Waals surface area contributed by atoms with Crippen LogP contribution in [0.2, 0.25) is 0 Å². The number of nitrogens with zero attached hydrogens (tertiary/aromatic N) is 2. The molecule has 2 N–H and O–H groups in total. The Bertz CT molecular complexity index is 1720. The number of aryl methyl sites for hydroxylation is 2. The first-order chi connectivity index (χ1) is 24.6. The van der Waals surface area contributed by atoms with Crippen LogP contribution < -0.4 is 78.0 Å². The Labute approximate surface area is 357 Å². The quantitative estimate of drug-likeness (QED) is 0.187. The first kappa shape index (κ1) is 44.4. The van der Waals surface area contributed by atoms with Crippen LogP contribution in [-0.4, -0.2) is 23.8 Å². The van der Waals surface area contributed by atoms with E-state index in [1.54, 1.807) is 12.3 Å². The van der Waals surface area contributed by atoms with Crippen LogP contribution >= 0.6 is 0 Å². The fraction of sp³-hybridized carbons (Fsp3) is 0.533. The molecule has 4 aliphatic rings. The summed E-state index contributed by atoms with van der Waals surface area (Å²) in [6.45, 7) is 25.6. The summed E-state index contributed by atoms with van der Waals surface area (Å²) in [6, 6.07) is 15.3. The Morgan fingerprint density at radius 1 is 1.04 bits per heavy atom. The Kier molecular flexibility index (Phi) is 19.1. The molecule has 2 aromatic carbocycles. The Morgan fingerprint density at radius 2 is 1.67 bits per heavy atom. The van der Waals surface area contributed by atoms with Crippen molar-refractivity contribution >= 4 is 24.0 Å². The Balaban J connectivity index is 0.000000230. The molecule has 52 heavy (non-hydrogen) atoms. The number of nitrogens with one attached hydrogen (secondary N) is 2. The zero-order valence-electron chi connectivity index (χ0n) is 33.7. The van der Waals surface area contributed by atoms with Gasteiger partial charge in [-0.05, 0) is 149 Å². The zero-order valence-corrected chi connectivity index (χ0v) is 36.8. The summed E-state index contributed by atoms with van der Waals surface area (Å²) in [4.78, 5) is 18.2. The fourth-order valence-electron chi connectivity index (χ4n) is 6.29. The maximum absolute atomic E-state index is 12.6. The van der Waals surface area contributed by atoms with E-state index >= 15 is 0 Å². The van der Waals surface area contributed by atoms with Crippen LogP contribution in [0.1, 0.15) is 122 Å². The minimum absolute atomic E-state index is 0. The van der Waals surface area contributed by atoms with E-state index < -0.39 is 0 Å². The van der Waals surface area contributed by atoms with Crippen molar-refractivity contribution in [1.82, 2.24) is 9.88 Å². The van der Waals surface area contributed by atoms with Crippen molar-refractivity contribution in [3.05, 3.63) is 104 Å². The van der Waals surface area contributed by atoms with Crippen molar-refractivity contribution < 1.29 is 56.2 Å². The van der Waals surface area contributed by atoms with Gasteiger partial charge in [0.25, 0.3) is 0 Å². The van der Waals surface area contributed by atoms with E-state index in [4.69, 9.17) is 4.84 Å². The largest absolute Gasteiger partial charge is 1.00 e. The second-order valence-corrected chi connectivity index (χ2v) is 15.1. The van der Waals surface area contributed by atoms with Gasteiger partial charge in [0.15, 0.2) is 5.43 Å². The minimum atomic E-state index is -0.127. The van der Waals surface area contributed by atoms with Crippen LogP contribution in [0.15, 0.2) is 65.7 Å². The van der Waals surface area contributed by atoms with E-state index in [2.05, 4.69) is 113 Å². The third kappa shape index (κ3) is 13.4. The molecular weight excluding hydrogens is 668 g/mol. The number of aromatic nitrogens is 1. The number of anilines is 1. The minimum Gasteiger partial charge on any atom is -0.557 e. The fourth-order valence-corrected chi connectivity index (χ4v) is 6.29. The molecule has 6 nitrogen and oxygen atoms in total. The predicted molar refractivity (Wildman–Crippen MR) is 219 cm³/mol. The van der Waals surface area contributed by atoms with Gasteiger partial charge in [-0.15, -0.1) is 0 Å². The van der Waals surface area contributed by atoms with Gasteiger partial charge in [0.05, 0.1) is 0 Å². The standard InChI is InChI=1S/C21H23N2O2.C15H21N.C6H13N.C3H8.K/c1-4-18-14(3)23(17-9-8-15-6-5-7-16(15)11-17)12-19(21(18)24)22-25-20-10-13(20)2;1-4-11(2)12(3)16-15-9-7-14(8-10-15)13-5-6-13;1-6-2-4-7-5-3-6;1-3-2;/h4,8-9,11-13,20H,3,5-7,10H2,1-2H3;7-11,13,16H,3-6H2,1-2H3;6-7H,2-5H2,1H3;3H2,1-2H3;/q-1;;;;+1/b18-4+;;;;. The SMILES string of the molecule is C=C(Nc1ccc(C2CC2)cc1)C(C)CC.C=c1/c(=C\C)c(=O)c([N-]OC2CC2C)cn1-c1ccc2c(c1)CCC2.CC1CCNCC1.CCC.[K+]. The normalized spacial score (nSPS) is 19.6. The maximum Gasteiger partial charge on any atom is 1.00 e. The molecule has 1 aromatic heterocycles. The van der Waals surface area contributed by atoms with Gasteiger partial charge < -0.3 is 25.5 Å². The second-order valence-electron chi connectivity index (χ2n) is 15.1. The molecule has 1 aliphatic heterocycles. The Hall–Kier alpha value is -1.97. The van der Waals surface area contributed by atoms with Crippen molar-refractivity contribution in [3.63, 3.8) is 0 Å². The second kappa shape index (κ2) is 22.4. The monoisotopic (exact) mass is 732 g/mol. The van der Waals surface area contributed by atoms with Gasteiger partial charge in [-0.1, -0.05) is 91.1 Å². The van der Waals surface area contributed by atoms with Crippen molar-refractivity contribution in [3.8, 4) is 5.69 Å². The molecule has 0 spiro atoms. The molecule has 2 saturated carbocycles. The first-order valence-corrected chi connectivity index (χ1v) is 19.8. The van der Waals surface area contributed by atoms with Crippen LogP contribution in [0.25, 0.3) is 23.8 Å². The molecule has 1 saturated heterocycles. The first-order valence-electron chi connectivity index (χ1n) is 19.8. The molecule has 3 aromatic rings. The van der Waals surface area contributed by atoms with Gasteiger partial charge in [-0.3, -0.25) is 4.79 Å². The smallest absolute Gasteiger partial charge is 0.557 e. The molecule has 7 rings (SSSR count). The molecule has 0 amide bonds. The average molecular weight is 733 g/mol. The average Bonchev–Trinajstić information content (AvgIpc) is 4.06. The molecule has 7 heteroatoms. The molecule has 2 heterocycles. The van der Waals surface area contributed by atoms with E-state index in [1.165, 1.54) is 68.3 Å². The van der Waals surface area contributed by atoms with Crippen LogP contribution in [0.3, 0.4) is 0 Å². The van der Waals surface area contributed by atoms with Gasteiger partial charge in [0.1, 0.15) is 0 Å². The summed E-state index contributed by atoms with van der Waals surface area (Å²) in [5.41, 5.74) is 11.9. The predicted octanol–water partition coefficient (Wildman–Crippen LogP) is 6.84. The number of benzene rings is 2. The van der Waals surface area contributed by atoms with Crippen LogP contribution in [0.4, 0.5) is 11.4 Å². The topological polar surface area (TPSA) is 69.4 Å². The summed E-state index contributed by atoms with van der Waals surface area (Å²) in [6.07, 6.45) is 16.0. The van der Waals surface area contributed by atoms with Crippen LogP contribution in [-0.2, 0) is 17.7 Å². The van der Waals surface area contributed by atoms with E-state index in [0.717, 1.165) is 54.6 Å². The van der Waals surface area contributed by atoms with Crippen molar-refractivity contribution in [2.75, 3.05) is 18.4 Å².